The Bertz CT molecular complexity index is 762. The molecule has 3 rings (SSSR count). The van der Waals surface area contributed by atoms with Crippen molar-refractivity contribution in [3.05, 3.63) is 65.2 Å². The van der Waals surface area contributed by atoms with Gasteiger partial charge in [-0.1, -0.05) is 36.4 Å². The number of rotatable bonds is 6. The van der Waals surface area contributed by atoms with E-state index in [1.54, 1.807) is 31.3 Å². The van der Waals surface area contributed by atoms with Gasteiger partial charge in [-0.3, -0.25) is 4.99 Å². The van der Waals surface area contributed by atoms with E-state index in [1.165, 1.54) is 11.1 Å². The molecule has 1 N–H and O–H groups in total. The highest BCUT2D eigenvalue weighted by atomic mass is 19.3. The summed E-state index contributed by atoms with van der Waals surface area (Å²) >= 11 is 0. The second-order valence-corrected chi connectivity index (χ2v) is 6.41. The first-order chi connectivity index (χ1) is 12.6. The van der Waals surface area contributed by atoms with Crippen LogP contribution in [0.2, 0.25) is 0 Å². The lowest BCUT2D eigenvalue weighted by Gasteiger charge is -2.32. The second kappa shape index (κ2) is 8.17. The standard InChI is InChI=1S/C20H23F2N3O/c1-23-20(24-12-16-11-15-5-3-4-6-18(15)16)25(2)13-14-7-9-17(10-8-14)26-19(21)22/h3-10,16,19H,11-13H2,1-2H3,(H,23,24). The zero-order valence-corrected chi connectivity index (χ0v) is 15.0. The van der Waals surface area contributed by atoms with E-state index in [4.69, 9.17) is 0 Å². The van der Waals surface area contributed by atoms with Gasteiger partial charge in [0.05, 0.1) is 0 Å². The van der Waals surface area contributed by atoms with E-state index in [0.29, 0.717) is 12.5 Å². The predicted molar refractivity (Wildman–Crippen MR) is 98.8 cm³/mol. The van der Waals surface area contributed by atoms with Gasteiger partial charge in [0, 0.05) is 33.1 Å². The van der Waals surface area contributed by atoms with Crippen molar-refractivity contribution in [2.75, 3.05) is 20.6 Å². The molecule has 1 unspecified atom stereocenters. The van der Waals surface area contributed by atoms with Gasteiger partial charge in [0.25, 0.3) is 0 Å². The molecule has 0 aromatic heterocycles. The molecular formula is C20H23F2N3O. The summed E-state index contributed by atoms with van der Waals surface area (Å²) in [5, 5.41) is 3.42. The summed E-state index contributed by atoms with van der Waals surface area (Å²) in [5.74, 6) is 1.49. The fraction of sp³-hybridized carbons (Fsp3) is 0.350. The van der Waals surface area contributed by atoms with Crippen molar-refractivity contribution in [1.29, 1.82) is 0 Å². The Balaban J connectivity index is 1.52. The number of ether oxygens (including phenoxy) is 1. The zero-order chi connectivity index (χ0) is 18.5. The van der Waals surface area contributed by atoms with Crippen molar-refractivity contribution in [3.8, 4) is 5.75 Å². The van der Waals surface area contributed by atoms with Crippen LogP contribution in [0.4, 0.5) is 8.78 Å². The average Bonchev–Trinajstić information content (AvgIpc) is 2.60. The Kier molecular flexibility index (Phi) is 5.71. The van der Waals surface area contributed by atoms with Gasteiger partial charge in [-0.05, 0) is 35.2 Å². The van der Waals surface area contributed by atoms with Crippen LogP contribution in [-0.2, 0) is 13.0 Å². The van der Waals surface area contributed by atoms with Crippen LogP contribution in [0.3, 0.4) is 0 Å². The highest BCUT2D eigenvalue weighted by molar-refractivity contribution is 5.79. The van der Waals surface area contributed by atoms with Crippen LogP contribution in [0.1, 0.15) is 22.6 Å². The lowest BCUT2D eigenvalue weighted by Crippen LogP contribution is -2.41. The molecule has 138 valence electrons. The van der Waals surface area contributed by atoms with Gasteiger partial charge in [0.2, 0.25) is 0 Å². The molecule has 0 spiro atoms. The number of nitrogens with one attached hydrogen (secondary N) is 1. The van der Waals surface area contributed by atoms with E-state index in [9.17, 15) is 8.78 Å². The van der Waals surface area contributed by atoms with Gasteiger partial charge in [-0.2, -0.15) is 8.78 Å². The molecule has 26 heavy (non-hydrogen) atoms. The highest BCUT2D eigenvalue weighted by Crippen LogP contribution is 2.34. The van der Waals surface area contributed by atoms with Gasteiger partial charge >= 0.3 is 6.61 Å². The third-order valence-electron chi connectivity index (χ3n) is 4.61. The van der Waals surface area contributed by atoms with Crippen LogP contribution in [0.5, 0.6) is 5.75 Å². The Morgan fingerprint density at radius 3 is 2.62 bits per heavy atom. The van der Waals surface area contributed by atoms with Crippen LogP contribution in [-0.4, -0.2) is 38.1 Å². The van der Waals surface area contributed by atoms with E-state index < -0.39 is 6.61 Å². The zero-order valence-electron chi connectivity index (χ0n) is 15.0. The lowest BCUT2D eigenvalue weighted by atomic mass is 9.78. The second-order valence-electron chi connectivity index (χ2n) is 6.41. The van der Waals surface area contributed by atoms with Crippen molar-refractivity contribution in [1.82, 2.24) is 10.2 Å². The fourth-order valence-corrected chi connectivity index (χ4v) is 3.27. The summed E-state index contributed by atoms with van der Waals surface area (Å²) in [7, 11) is 3.71. The van der Waals surface area contributed by atoms with Gasteiger partial charge < -0.3 is 15.0 Å². The third-order valence-corrected chi connectivity index (χ3v) is 4.61. The maximum Gasteiger partial charge on any atom is 0.387 e. The fourth-order valence-electron chi connectivity index (χ4n) is 3.27. The maximum absolute atomic E-state index is 12.2. The number of hydrogen-bond acceptors (Lipinski definition) is 2. The minimum absolute atomic E-state index is 0.164. The number of guanidine groups is 1. The van der Waals surface area contributed by atoms with Gasteiger partial charge in [0.15, 0.2) is 5.96 Å². The largest absolute Gasteiger partial charge is 0.435 e. The van der Waals surface area contributed by atoms with Crippen LogP contribution in [0.15, 0.2) is 53.5 Å². The molecule has 1 aliphatic rings. The summed E-state index contributed by atoms with van der Waals surface area (Å²) in [6, 6.07) is 15.2. The molecule has 0 heterocycles. The summed E-state index contributed by atoms with van der Waals surface area (Å²) in [6.07, 6.45) is 1.09. The first kappa shape index (κ1) is 18.2. The lowest BCUT2D eigenvalue weighted by molar-refractivity contribution is -0.0498. The molecule has 0 aliphatic heterocycles. The first-order valence-corrected chi connectivity index (χ1v) is 8.60. The molecular weight excluding hydrogens is 336 g/mol. The van der Waals surface area contributed by atoms with Crippen LogP contribution >= 0.6 is 0 Å². The number of nitrogens with zero attached hydrogens (tertiary/aromatic N) is 2. The van der Waals surface area contributed by atoms with Crippen molar-refractivity contribution in [2.45, 2.75) is 25.5 Å². The van der Waals surface area contributed by atoms with Crippen LogP contribution < -0.4 is 10.1 Å². The molecule has 0 saturated heterocycles. The Hall–Kier alpha value is -2.63. The number of halogens is 2. The van der Waals surface area contributed by atoms with Gasteiger partial charge in [0.1, 0.15) is 5.75 Å². The molecule has 2 aromatic carbocycles. The SMILES string of the molecule is CN=C(NCC1Cc2ccccc21)N(C)Cc1ccc(OC(F)F)cc1. The smallest absolute Gasteiger partial charge is 0.387 e. The molecule has 4 nitrogen and oxygen atoms in total. The van der Waals surface area contributed by atoms with E-state index in [2.05, 4.69) is 39.3 Å². The monoisotopic (exact) mass is 359 g/mol. The minimum Gasteiger partial charge on any atom is -0.435 e. The first-order valence-electron chi connectivity index (χ1n) is 8.60. The Morgan fingerprint density at radius 1 is 1.23 bits per heavy atom. The topological polar surface area (TPSA) is 36.9 Å². The number of alkyl halides is 2. The normalized spacial score (nSPS) is 16.0. The summed E-state index contributed by atoms with van der Waals surface area (Å²) in [4.78, 5) is 6.34. The molecule has 1 atom stereocenters. The number of fused-ring (bicyclic) bond motifs is 1. The van der Waals surface area contributed by atoms with Gasteiger partial charge in [-0.15, -0.1) is 0 Å². The number of aliphatic imine (C=N–C) groups is 1. The van der Waals surface area contributed by atoms with E-state index in [1.807, 2.05) is 11.9 Å². The summed E-state index contributed by atoms with van der Waals surface area (Å²) in [6.45, 7) is -1.34. The third kappa shape index (κ3) is 4.31. The number of hydrogen-bond donors (Lipinski definition) is 1. The van der Waals surface area contributed by atoms with Crippen molar-refractivity contribution in [2.24, 2.45) is 4.99 Å². The maximum atomic E-state index is 12.2. The van der Waals surface area contributed by atoms with Crippen LogP contribution in [0.25, 0.3) is 0 Å². The van der Waals surface area contributed by atoms with E-state index >= 15 is 0 Å². The van der Waals surface area contributed by atoms with Gasteiger partial charge in [-0.25, -0.2) is 0 Å². The molecule has 0 amide bonds. The van der Waals surface area contributed by atoms with Crippen molar-refractivity contribution < 1.29 is 13.5 Å². The molecule has 2 aromatic rings. The molecule has 0 radical (unpaired) electrons. The minimum atomic E-state index is -2.80. The van der Waals surface area contributed by atoms with Crippen LogP contribution in [0, 0.1) is 0 Å². The predicted octanol–water partition coefficient (Wildman–Crippen LogP) is 3.64. The Morgan fingerprint density at radius 2 is 1.96 bits per heavy atom. The van der Waals surface area contributed by atoms with E-state index in [-0.39, 0.29) is 5.75 Å². The number of benzene rings is 2. The molecule has 1 aliphatic carbocycles. The summed E-state index contributed by atoms with van der Waals surface area (Å²) < 4.78 is 28.8. The molecule has 6 heteroatoms. The Labute approximate surface area is 152 Å². The molecule has 0 saturated carbocycles. The molecule has 0 bridgehead atoms. The molecule has 0 fully saturated rings. The summed E-state index contributed by atoms with van der Waals surface area (Å²) in [5.41, 5.74) is 3.83. The quantitative estimate of drug-likeness (QED) is 0.632. The van der Waals surface area contributed by atoms with Crippen molar-refractivity contribution >= 4 is 5.96 Å². The van der Waals surface area contributed by atoms with Crippen molar-refractivity contribution in [3.63, 3.8) is 0 Å². The van der Waals surface area contributed by atoms with E-state index in [0.717, 1.165) is 24.5 Å². The average molecular weight is 359 g/mol. The highest BCUT2D eigenvalue weighted by Gasteiger charge is 2.25.